The number of amides is 1. The van der Waals surface area contributed by atoms with Gasteiger partial charge in [-0.2, -0.15) is 0 Å². The number of nitrogens with one attached hydrogen (secondary N) is 1. The van der Waals surface area contributed by atoms with E-state index in [1.807, 2.05) is 0 Å². The zero-order valence-electron chi connectivity index (χ0n) is 11.9. The van der Waals surface area contributed by atoms with Gasteiger partial charge in [0.2, 0.25) is 5.91 Å². The predicted molar refractivity (Wildman–Crippen MR) is 77.1 cm³/mol. The molecule has 0 aliphatic carbocycles. The summed E-state index contributed by atoms with van der Waals surface area (Å²) in [5, 5.41) is 0. The average molecular weight is 284 g/mol. The van der Waals surface area contributed by atoms with Crippen LogP contribution in [-0.2, 0) is 28.9 Å². The quantitative estimate of drug-likeness (QED) is 0.863. The largest absolute Gasteiger partial charge is 0.755 e. The molecule has 1 rings (SSSR count). The van der Waals surface area contributed by atoms with Crippen LogP contribution in [0.15, 0.2) is 24.3 Å². The van der Waals surface area contributed by atoms with Gasteiger partial charge in [0, 0.05) is 18.2 Å². The lowest BCUT2D eigenvalue weighted by molar-refractivity contribution is -0.117. The molecular weight excluding hydrogens is 262 g/mol. The lowest BCUT2D eigenvalue weighted by Gasteiger charge is -2.05. The van der Waals surface area contributed by atoms with Crippen molar-refractivity contribution in [3.8, 4) is 0 Å². The Morgan fingerprint density at radius 3 is 2.00 bits per heavy atom. The van der Waals surface area contributed by atoms with Crippen molar-refractivity contribution in [1.82, 2.24) is 4.72 Å². The van der Waals surface area contributed by atoms with Crippen LogP contribution in [-0.4, -0.2) is 14.7 Å². The minimum Gasteiger partial charge on any atom is -0.755 e. The number of rotatable bonds is 4. The molecular formula is C14H22NO3S-. The fourth-order valence-electron chi connectivity index (χ4n) is 1.50. The molecule has 0 saturated carbocycles. The Morgan fingerprint density at radius 1 is 1.26 bits per heavy atom. The summed E-state index contributed by atoms with van der Waals surface area (Å²) in [6.07, 6.45) is 2.34. The van der Waals surface area contributed by atoms with Crippen molar-refractivity contribution in [3.63, 3.8) is 0 Å². The van der Waals surface area contributed by atoms with Crippen LogP contribution < -0.4 is 4.72 Å². The van der Waals surface area contributed by atoms with Crippen molar-refractivity contribution < 1.29 is 13.6 Å². The van der Waals surface area contributed by atoms with Gasteiger partial charge < -0.3 is 4.55 Å². The topological polar surface area (TPSA) is 69.2 Å². The molecule has 108 valence electrons. The summed E-state index contributed by atoms with van der Waals surface area (Å²) in [7, 11) is 0. The minimum atomic E-state index is -2.45. The molecule has 1 N–H and O–H groups in total. The Morgan fingerprint density at radius 2 is 1.74 bits per heavy atom. The standard InChI is InChI=1S/C12H18.C2H5NO3S/c1-4-11-5-7-12(8-6-11)9-10(2)3;1-2(4)3-7(5)6/h5-8,10H,4,9H2,1-3H3;1H3,(H,3,4)(H,5,6)/p-1. The van der Waals surface area contributed by atoms with Crippen LogP contribution >= 0.6 is 0 Å². The van der Waals surface area contributed by atoms with Crippen LogP contribution in [0.25, 0.3) is 0 Å². The van der Waals surface area contributed by atoms with E-state index in [0.29, 0.717) is 0 Å². The Balaban J connectivity index is 0.000000399. The normalized spacial score (nSPS) is 11.5. The van der Waals surface area contributed by atoms with E-state index in [-0.39, 0.29) is 0 Å². The lowest BCUT2D eigenvalue weighted by Crippen LogP contribution is -2.21. The summed E-state index contributed by atoms with van der Waals surface area (Å²) in [5.74, 6) is 0.186. The van der Waals surface area contributed by atoms with Crippen LogP contribution in [0.3, 0.4) is 0 Å². The van der Waals surface area contributed by atoms with Crippen molar-refractivity contribution >= 4 is 17.2 Å². The molecule has 5 heteroatoms. The molecule has 0 fully saturated rings. The summed E-state index contributed by atoms with van der Waals surface area (Å²) < 4.78 is 20.5. The first-order chi connectivity index (χ1) is 8.85. The van der Waals surface area contributed by atoms with E-state index in [9.17, 15) is 13.6 Å². The first-order valence-corrected chi connectivity index (χ1v) is 7.37. The molecule has 0 heterocycles. The summed E-state index contributed by atoms with van der Waals surface area (Å²) >= 11 is -2.45. The number of aryl methyl sites for hydroxylation is 1. The average Bonchev–Trinajstić information content (AvgIpc) is 2.28. The second-order valence-electron chi connectivity index (χ2n) is 4.66. The molecule has 1 aromatic rings. The maximum absolute atomic E-state index is 9.75. The van der Waals surface area contributed by atoms with E-state index >= 15 is 0 Å². The second-order valence-corrected chi connectivity index (χ2v) is 5.33. The zero-order valence-corrected chi connectivity index (χ0v) is 12.8. The zero-order chi connectivity index (χ0) is 14.8. The van der Waals surface area contributed by atoms with E-state index in [4.69, 9.17) is 0 Å². The summed E-state index contributed by atoms with van der Waals surface area (Å²) in [4.78, 5) is 9.75. The van der Waals surface area contributed by atoms with E-state index in [0.717, 1.165) is 19.3 Å². The SMILES string of the molecule is CC(=O)NS(=O)[O-].CCc1ccc(CC(C)C)cc1. The number of hydrogen-bond acceptors (Lipinski definition) is 3. The van der Waals surface area contributed by atoms with Crippen LogP contribution in [0.5, 0.6) is 0 Å². The third-order valence-electron chi connectivity index (χ3n) is 2.30. The van der Waals surface area contributed by atoms with Gasteiger partial charge in [-0.25, -0.2) is 0 Å². The van der Waals surface area contributed by atoms with Gasteiger partial charge in [-0.1, -0.05) is 45.0 Å². The molecule has 0 saturated heterocycles. The maximum atomic E-state index is 9.75. The molecule has 1 amide bonds. The van der Waals surface area contributed by atoms with Gasteiger partial charge in [0.25, 0.3) is 0 Å². The van der Waals surface area contributed by atoms with E-state index in [1.54, 1.807) is 4.72 Å². The van der Waals surface area contributed by atoms with E-state index in [2.05, 4.69) is 45.0 Å². The molecule has 1 aromatic carbocycles. The highest BCUT2D eigenvalue weighted by molar-refractivity contribution is 7.77. The van der Waals surface area contributed by atoms with Crippen molar-refractivity contribution in [1.29, 1.82) is 0 Å². The molecule has 19 heavy (non-hydrogen) atoms. The summed E-state index contributed by atoms with van der Waals surface area (Å²) in [5.41, 5.74) is 2.89. The fourth-order valence-corrected chi connectivity index (χ4v) is 1.73. The molecule has 1 atom stereocenters. The first-order valence-electron chi connectivity index (χ1n) is 6.29. The van der Waals surface area contributed by atoms with Crippen molar-refractivity contribution in [3.05, 3.63) is 35.4 Å². The van der Waals surface area contributed by atoms with Gasteiger partial charge in [-0.3, -0.25) is 13.7 Å². The third kappa shape index (κ3) is 10.4. The van der Waals surface area contributed by atoms with Crippen LogP contribution in [0, 0.1) is 5.92 Å². The molecule has 0 bridgehead atoms. The van der Waals surface area contributed by atoms with Crippen LogP contribution in [0.4, 0.5) is 0 Å². The number of benzene rings is 1. The van der Waals surface area contributed by atoms with Crippen LogP contribution in [0.2, 0.25) is 0 Å². The monoisotopic (exact) mass is 284 g/mol. The van der Waals surface area contributed by atoms with Gasteiger partial charge in [-0.05, 0) is 29.9 Å². The Bertz CT molecular complexity index is 390. The third-order valence-corrected chi connectivity index (χ3v) is 2.76. The molecule has 4 nitrogen and oxygen atoms in total. The van der Waals surface area contributed by atoms with Gasteiger partial charge in [-0.15, -0.1) is 0 Å². The smallest absolute Gasteiger partial charge is 0.227 e. The molecule has 0 spiro atoms. The first kappa shape index (κ1) is 17.8. The Kier molecular flexibility index (Phi) is 9.08. The van der Waals surface area contributed by atoms with Gasteiger partial charge in [0.1, 0.15) is 0 Å². The summed E-state index contributed by atoms with van der Waals surface area (Å²) in [6.45, 7) is 7.83. The van der Waals surface area contributed by atoms with E-state index in [1.165, 1.54) is 17.5 Å². The minimum absolute atomic E-state index is 0.576. The molecule has 0 radical (unpaired) electrons. The highest BCUT2D eigenvalue weighted by Crippen LogP contribution is 2.09. The fraction of sp³-hybridized carbons (Fsp3) is 0.500. The van der Waals surface area contributed by atoms with E-state index < -0.39 is 17.2 Å². The highest BCUT2D eigenvalue weighted by atomic mass is 32.2. The van der Waals surface area contributed by atoms with Crippen molar-refractivity contribution in [2.24, 2.45) is 5.92 Å². The van der Waals surface area contributed by atoms with Crippen molar-refractivity contribution in [2.75, 3.05) is 0 Å². The van der Waals surface area contributed by atoms with Gasteiger partial charge in [0.05, 0.1) is 0 Å². The molecule has 0 aliphatic rings. The highest BCUT2D eigenvalue weighted by Gasteiger charge is 1.96. The Hall–Kier alpha value is -1.20. The van der Waals surface area contributed by atoms with Gasteiger partial charge in [0.15, 0.2) is 0 Å². The van der Waals surface area contributed by atoms with Crippen molar-refractivity contribution in [2.45, 2.75) is 40.5 Å². The number of carbonyl (C=O) groups is 1. The second kappa shape index (κ2) is 9.69. The molecule has 0 aromatic heterocycles. The maximum Gasteiger partial charge on any atom is 0.227 e. The molecule has 1 unspecified atom stereocenters. The Labute approximate surface area is 118 Å². The number of hydrogen-bond donors (Lipinski definition) is 1. The molecule has 0 aliphatic heterocycles. The van der Waals surface area contributed by atoms with Gasteiger partial charge >= 0.3 is 0 Å². The lowest BCUT2D eigenvalue weighted by atomic mass is 10.0. The van der Waals surface area contributed by atoms with Crippen LogP contribution in [0.1, 0.15) is 38.8 Å². The number of carbonyl (C=O) groups excluding carboxylic acids is 1. The predicted octanol–water partition coefficient (Wildman–Crippen LogP) is 2.36. The summed E-state index contributed by atoms with van der Waals surface area (Å²) in [6, 6.07) is 8.97.